The second kappa shape index (κ2) is 22.6. The fourth-order valence-corrected chi connectivity index (χ4v) is 17.1. The van der Waals surface area contributed by atoms with Crippen LogP contribution >= 0.6 is 0 Å². The van der Waals surface area contributed by atoms with E-state index < -0.39 is 0 Å². The van der Waals surface area contributed by atoms with E-state index >= 15 is 0 Å². The number of furan rings is 3. The molecule has 0 atom stereocenters. The molecule has 0 saturated heterocycles. The average molecular weight is 1350 g/mol. The summed E-state index contributed by atoms with van der Waals surface area (Å²) >= 11 is 0. The molecule has 8 nitrogen and oxygen atoms in total. The van der Waals surface area contributed by atoms with Gasteiger partial charge < -0.3 is 27.0 Å². The Morgan fingerprint density at radius 3 is 0.915 bits per heavy atom. The van der Waals surface area contributed by atoms with Gasteiger partial charge in [-0.25, -0.2) is 9.97 Å². The van der Waals surface area contributed by atoms with Crippen molar-refractivity contribution in [2.45, 2.75) is 0 Å². The molecule has 0 saturated carbocycles. The summed E-state index contributed by atoms with van der Waals surface area (Å²) in [6.45, 7) is 0. The minimum atomic E-state index is 0.628. The SMILES string of the molecule is c1cc(-c2ccc3nc(-c4cccc(-n5c6ccccc6c6cc(-c7ccc8c(c7)oc7ccccc78)ccc65)c4)nc(-c4cccc(-n5c6ccccc6c6cc(-c7ccc8c(c7)oc7ccccc78)ccc65)c4)c3c2)cc(-n2c3ccccc3c3cc(-c4ccc5c(c4)oc4ccccc45)ccc32)c1. The Kier molecular flexibility index (Phi) is 12.4. The highest BCUT2D eigenvalue weighted by Gasteiger charge is 2.22. The molecule has 7 heterocycles. The smallest absolute Gasteiger partial charge is 0.160 e. The number of hydrogen-bond donors (Lipinski definition) is 0. The van der Waals surface area contributed by atoms with Crippen molar-refractivity contribution in [3.63, 3.8) is 0 Å². The van der Waals surface area contributed by atoms with Crippen molar-refractivity contribution in [1.82, 2.24) is 23.7 Å². The van der Waals surface area contributed by atoms with Crippen LogP contribution in [-0.2, 0) is 0 Å². The van der Waals surface area contributed by atoms with Gasteiger partial charge in [0, 0.05) is 98.2 Å². The van der Waals surface area contributed by atoms with Crippen molar-refractivity contribution in [3.8, 4) is 84.2 Å². The molecule has 0 amide bonds. The van der Waals surface area contributed by atoms with E-state index in [0.717, 1.165) is 199 Å². The fourth-order valence-electron chi connectivity index (χ4n) is 17.1. The van der Waals surface area contributed by atoms with E-state index in [-0.39, 0.29) is 0 Å². The predicted octanol–water partition coefficient (Wildman–Crippen LogP) is 26.6. The van der Waals surface area contributed by atoms with Crippen molar-refractivity contribution in [2.75, 3.05) is 0 Å². The van der Waals surface area contributed by atoms with E-state index in [1.165, 1.54) is 21.5 Å². The van der Waals surface area contributed by atoms with E-state index in [0.29, 0.717) is 5.82 Å². The van der Waals surface area contributed by atoms with E-state index in [9.17, 15) is 0 Å². The van der Waals surface area contributed by atoms with Crippen molar-refractivity contribution < 1.29 is 13.3 Å². The summed E-state index contributed by atoms with van der Waals surface area (Å²) in [5, 5.41) is 14.7. The molecule has 0 bridgehead atoms. The monoisotopic (exact) mass is 1350 g/mol. The van der Waals surface area contributed by atoms with Crippen molar-refractivity contribution >= 4 is 142 Å². The van der Waals surface area contributed by atoms with E-state index in [1.807, 2.05) is 36.4 Å². The molecule has 0 spiro atoms. The Morgan fingerprint density at radius 2 is 0.481 bits per heavy atom. The van der Waals surface area contributed by atoms with Gasteiger partial charge in [0.15, 0.2) is 5.82 Å². The zero-order valence-corrected chi connectivity index (χ0v) is 56.9. The first-order chi connectivity index (χ1) is 52.5. The first-order valence-corrected chi connectivity index (χ1v) is 36.0. The second-order valence-corrected chi connectivity index (χ2v) is 28.0. The third kappa shape index (κ3) is 8.95. The van der Waals surface area contributed by atoms with Crippen LogP contribution in [0.1, 0.15) is 0 Å². The largest absolute Gasteiger partial charge is 0.456 e. The number of fused-ring (bicyclic) bond motifs is 19. The molecule has 23 rings (SSSR count). The molecule has 0 fully saturated rings. The lowest BCUT2D eigenvalue weighted by atomic mass is 9.99. The lowest BCUT2D eigenvalue weighted by Crippen LogP contribution is -1.99. The van der Waals surface area contributed by atoms with Crippen LogP contribution in [0.3, 0.4) is 0 Å². The number of nitrogens with zero attached hydrogens (tertiary/aromatic N) is 5. The topological polar surface area (TPSA) is 80.0 Å². The van der Waals surface area contributed by atoms with Gasteiger partial charge in [-0.15, -0.1) is 0 Å². The van der Waals surface area contributed by atoms with Crippen LogP contribution in [0.4, 0.5) is 0 Å². The molecule has 0 aliphatic heterocycles. The van der Waals surface area contributed by atoms with Gasteiger partial charge in [-0.2, -0.15) is 0 Å². The Balaban J connectivity index is 0.661. The van der Waals surface area contributed by atoms with Gasteiger partial charge in [0.05, 0.1) is 44.3 Å². The minimum absolute atomic E-state index is 0.628. The summed E-state index contributed by atoms with van der Waals surface area (Å²) in [5.74, 6) is 0.628. The molecule has 7 aromatic heterocycles. The summed E-state index contributed by atoms with van der Waals surface area (Å²) in [7, 11) is 0. The van der Waals surface area contributed by atoms with Crippen LogP contribution in [0, 0.1) is 0 Å². The summed E-state index contributed by atoms with van der Waals surface area (Å²) in [5.41, 5.74) is 27.5. The molecule has 0 N–H and O–H groups in total. The van der Waals surface area contributed by atoms with E-state index in [4.69, 9.17) is 23.2 Å². The molecule has 0 unspecified atom stereocenters. The van der Waals surface area contributed by atoms with E-state index in [2.05, 4.69) is 323 Å². The third-order valence-corrected chi connectivity index (χ3v) is 22.0. The van der Waals surface area contributed by atoms with Crippen LogP contribution in [0.5, 0.6) is 0 Å². The lowest BCUT2D eigenvalue weighted by Gasteiger charge is -2.15. The molecule has 23 aromatic rings. The number of aromatic nitrogens is 5. The van der Waals surface area contributed by atoms with Gasteiger partial charge in [0.1, 0.15) is 33.5 Å². The molecular formula is C98H57N5O3. The average Bonchev–Trinajstić information content (AvgIpc) is 1.63. The maximum atomic E-state index is 6.40. The lowest BCUT2D eigenvalue weighted by molar-refractivity contribution is 0.668. The molecule has 8 heteroatoms. The zero-order valence-electron chi connectivity index (χ0n) is 56.9. The van der Waals surface area contributed by atoms with Gasteiger partial charge in [0.2, 0.25) is 0 Å². The standard InChI is InChI=1S/C98H57N5O3/c1-7-28-85-71(22-1)80-51-60(63-34-41-77-74-25-4-10-31-91(74)104-94(77)55-63)38-45-88(80)101(85)68-19-13-16-58(48-68)59-37-44-84-83(54-59)97(66-17-14-20-69(49-66)102-86-29-8-2-23-72(86)81-52-61(39-46-89(81)102)64-35-42-78-75-26-5-11-32-92(75)105-95(78)56-64)100-98(99-84)67-18-15-21-70(50-67)103-87-30-9-3-24-73(87)82-53-62(40-47-90(82)103)65-36-43-79-76-27-6-12-33-93(76)106-96(79)57-65/h1-57H. The quantitative estimate of drug-likeness (QED) is 0.144. The van der Waals surface area contributed by atoms with Crippen LogP contribution in [-0.4, -0.2) is 23.7 Å². The molecule has 106 heavy (non-hydrogen) atoms. The first-order valence-electron chi connectivity index (χ1n) is 36.0. The van der Waals surface area contributed by atoms with Crippen molar-refractivity contribution in [2.24, 2.45) is 0 Å². The maximum Gasteiger partial charge on any atom is 0.160 e. The predicted molar refractivity (Wildman–Crippen MR) is 437 cm³/mol. The number of rotatable bonds is 9. The Morgan fingerprint density at radius 1 is 0.179 bits per heavy atom. The Bertz CT molecular complexity index is 7680. The van der Waals surface area contributed by atoms with Gasteiger partial charge >= 0.3 is 0 Å². The van der Waals surface area contributed by atoms with E-state index in [1.54, 1.807) is 0 Å². The van der Waals surface area contributed by atoms with Gasteiger partial charge in [-0.3, -0.25) is 0 Å². The summed E-state index contributed by atoms with van der Waals surface area (Å²) < 4.78 is 26.3. The number of benzene rings is 16. The molecular weight excluding hydrogens is 1300 g/mol. The Labute approximate surface area is 605 Å². The summed E-state index contributed by atoms with van der Waals surface area (Å²) in [4.78, 5) is 11.3. The highest BCUT2D eigenvalue weighted by Crippen LogP contribution is 2.44. The number of para-hydroxylation sites is 6. The highest BCUT2D eigenvalue weighted by molar-refractivity contribution is 6.15. The third-order valence-electron chi connectivity index (χ3n) is 22.0. The molecule has 492 valence electrons. The van der Waals surface area contributed by atoms with Crippen LogP contribution in [0.25, 0.3) is 226 Å². The maximum absolute atomic E-state index is 6.40. The van der Waals surface area contributed by atoms with Crippen molar-refractivity contribution in [3.05, 3.63) is 346 Å². The normalized spacial score (nSPS) is 12.2. The molecule has 16 aromatic carbocycles. The zero-order chi connectivity index (χ0) is 69.2. The molecule has 0 aliphatic carbocycles. The first kappa shape index (κ1) is 58.3. The highest BCUT2D eigenvalue weighted by atomic mass is 16.3. The second-order valence-electron chi connectivity index (χ2n) is 28.0. The Hall–Kier alpha value is -14.3. The van der Waals surface area contributed by atoms with Gasteiger partial charge in [0.25, 0.3) is 0 Å². The summed E-state index contributed by atoms with van der Waals surface area (Å²) in [6.07, 6.45) is 0. The summed E-state index contributed by atoms with van der Waals surface area (Å²) in [6, 6.07) is 124. The van der Waals surface area contributed by atoms with Crippen LogP contribution < -0.4 is 0 Å². The molecule has 0 aliphatic rings. The van der Waals surface area contributed by atoms with Crippen LogP contribution in [0.15, 0.2) is 359 Å². The fraction of sp³-hybridized carbons (Fsp3) is 0. The van der Waals surface area contributed by atoms with Crippen LogP contribution in [0.2, 0.25) is 0 Å². The number of hydrogen-bond acceptors (Lipinski definition) is 5. The molecule has 0 radical (unpaired) electrons. The van der Waals surface area contributed by atoms with Crippen molar-refractivity contribution in [1.29, 1.82) is 0 Å². The van der Waals surface area contributed by atoms with Gasteiger partial charge in [-0.05, 0) is 202 Å². The minimum Gasteiger partial charge on any atom is -0.456 e. The van der Waals surface area contributed by atoms with Gasteiger partial charge in [-0.1, -0.05) is 188 Å².